The zero-order valence-corrected chi connectivity index (χ0v) is 8.55. The highest BCUT2D eigenvalue weighted by Crippen LogP contribution is 2.28. The van der Waals surface area contributed by atoms with E-state index in [-0.39, 0.29) is 11.9 Å². The van der Waals surface area contributed by atoms with Gasteiger partial charge in [-0.2, -0.15) is 0 Å². The summed E-state index contributed by atoms with van der Waals surface area (Å²) < 4.78 is 0. The van der Waals surface area contributed by atoms with Crippen molar-refractivity contribution >= 4 is 5.91 Å². The van der Waals surface area contributed by atoms with Crippen LogP contribution in [0.15, 0.2) is 0 Å². The minimum Gasteiger partial charge on any atom is -0.352 e. The van der Waals surface area contributed by atoms with Gasteiger partial charge in [0.15, 0.2) is 0 Å². The maximum atomic E-state index is 11.4. The van der Waals surface area contributed by atoms with Crippen molar-refractivity contribution in [2.75, 3.05) is 0 Å². The van der Waals surface area contributed by atoms with Gasteiger partial charge in [-0.1, -0.05) is 26.7 Å². The Morgan fingerprint density at radius 3 is 2.77 bits per heavy atom. The summed E-state index contributed by atoms with van der Waals surface area (Å²) >= 11 is 0. The lowest BCUT2D eigenvalue weighted by Gasteiger charge is -2.10. The summed E-state index contributed by atoms with van der Waals surface area (Å²) in [7, 11) is 0. The van der Waals surface area contributed by atoms with Crippen LogP contribution in [0.3, 0.4) is 0 Å². The molecule has 13 heavy (non-hydrogen) atoms. The lowest BCUT2D eigenvalue weighted by molar-refractivity contribution is -0.122. The van der Waals surface area contributed by atoms with Crippen LogP contribution in [0.5, 0.6) is 0 Å². The van der Waals surface area contributed by atoms with Gasteiger partial charge in [0.2, 0.25) is 5.91 Å². The van der Waals surface area contributed by atoms with E-state index in [9.17, 15) is 4.79 Å². The lowest BCUT2D eigenvalue weighted by atomic mass is 10.1. The summed E-state index contributed by atoms with van der Waals surface area (Å²) in [6.45, 7) is 4.25. The fourth-order valence-electron chi connectivity index (χ4n) is 1.37. The summed E-state index contributed by atoms with van der Waals surface area (Å²) in [4.78, 5) is 11.4. The summed E-state index contributed by atoms with van der Waals surface area (Å²) in [5, 5.41) is 2.95. The van der Waals surface area contributed by atoms with Crippen molar-refractivity contribution in [3.05, 3.63) is 0 Å². The number of unbranched alkanes of at least 4 members (excludes halogenated alkanes) is 1. The molecule has 0 aliphatic heterocycles. The van der Waals surface area contributed by atoms with Crippen molar-refractivity contribution < 1.29 is 4.79 Å². The Balaban J connectivity index is 2.14. The number of nitrogens with one attached hydrogen (secondary N) is 1. The highest BCUT2D eigenvalue weighted by Gasteiger charge is 2.34. The molecule has 0 saturated heterocycles. The van der Waals surface area contributed by atoms with Gasteiger partial charge < -0.3 is 11.1 Å². The molecule has 1 saturated carbocycles. The number of carbonyl (C=O) groups excluding carboxylic acids is 1. The van der Waals surface area contributed by atoms with E-state index in [1.807, 2.05) is 0 Å². The molecular formula is C10H20N2O. The molecule has 3 nitrogen and oxygen atoms in total. The Labute approximate surface area is 80.1 Å². The van der Waals surface area contributed by atoms with E-state index < -0.39 is 0 Å². The summed E-state index contributed by atoms with van der Waals surface area (Å²) in [6.07, 6.45) is 4.06. The smallest absolute Gasteiger partial charge is 0.237 e. The molecule has 0 spiro atoms. The third-order valence-corrected chi connectivity index (χ3v) is 2.64. The van der Waals surface area contributed by atoms with Crippen LogP contribution in [0, 0.1) is 5.92 Å². The lowest BCUT2D eigenvalue weighted by Crippen LogP contribution is -2.41. The Morgan fingerprint density at radius 1 is 1.69 bits per heavy atom. The molecule has 0 bridgehead atoms. The van der Waals surface area contributed by atoms with Crippen LogP contribution in [0.1, 0.15) is 39.5 Å². The molecule has 0 aromatic heterocycles. The topological polar surface area (TPSA) is 55.1 Å². The van der Waals surface area contributed by atoms with Crippen LogP contribution in [-0.4, -0.2) is 18.0 Å². The van der Waals surface area contributed by atoms with E-state index >= 15 is 0 Å². The first kappa shape index (κ1) is 10.5. The first-order valence-electron chi connectivity index (χ1n) is 5.21. The van der Waals surface area contributed by atoms with E-state index in [1.54, 1.807) is 0 Å². The summed E-state index contributed by atoms with van der Waals surface area (Å²) in [5.74, 6) is 0.685. The van der Waals surface area contributed by atoms with Crippen LogP contribution in [0.4, 0.5) is 0 Å². The minimum absolute atomic E-state index is 0.0304. The van der Waals surface area contributed by atoms with Gasteiger partial charge in [0.05, 0.1) is 6.04 Å². The molecule has 1 aliphatic carbocycles. The normalized spacial score (nSPS) is 28.2. The second-order valence-corrected chi connectivity index (χ2v) is 4.08. The average molecular weight is 184 g/mol. The van der Waals surface area contributed by atoms with Gasteiger partial charge in [0, 0.05) is 6.04 Å². The molecule has 3 heteroatoms. The Hall–Kier alpha value is -0.570. The molecular weight excluding hydrogens is 164 g/mol. The number of hydrogen-bond acceptors (Lipinski definition) is 2. The van der Waals surface area contributed by atoms with Gasteiger partial charge in [0.1, 0.15) is 0 Å². The Morgan fingerprint density at radius 2 is 2.31 bits per heavy atom. The van der Waals surface area contributed by atoms with E-state index in [0.717, 1.165) is 25.7 Å². The van der Waals surface area contributed by atoms with E-state index in [2.05, 4.69) is 19.2 Å². The van der Waals surface area contributed by atoms with E-state index in [4.69, 9.17) is 5.73 Å². The first-order chi connectivity index (χ1) is 6.15. The largest absolute Gasteiger partial charge is 0.352 e. The SMILES string of the molecule is CCCCC(N)C(=O)NC1CC1C. The molecule has 1 amide bonds. The van der Waals surface area contributed by atoms with Crippen LogP contribution >= 0.6 is 0 Å². The maximum Gasteiger partial charge on any atom is 0.237 e. The molecule has 1 aliphatic rings. The van der Waals surface area contributed by atoms with E-state index in [1.165, 1.54) is 0 Å². The van der Waals surface area contributed by atoms with Gasteiger partial charge >= 0.3 is 0 Å². The average Bonchev–Trinajstić information content (AvgIpc) is 2.77. The first-order valence-corrected chi connectivity index (χ1v) is 5.21. The molecule has 3 atom stereocenters. The van der Waals surface area contributed by atoms with Crippen molar-refractivity contribution in [3.8, 4) is 0 Å². The van der Waals surface area contributed by atoms with Crippen molar-refractivity contribution in [2.45, 2.75) is 51.6 Å². The number of nitrogens with two attached hydrogens (primary N) is 1. The highest BCUT2D eigenvalue weighted by molar-refractivity contribution is 5.82. The van der Waals surface area contributed by atoms with Crippen molar-refractivity contribution in [1.82, 2.24) is 5.32 Å². The number of amides is 1. The Bertz CT molecular complexity index is 182. The zero-order valence-electron chi connectivity index (χ0n) is 8.55. The maximum absolute atomic E-state index is 11.4. The Kier molecular flexibility index (Phi) is 3.72. The predicted molar refractivity (Wildman–Crippen MR) is 53.2 cm³/mol. The van der Waals surface area contributed by atoms with Gasteiger partial charge in [-0.3, -0.25) is 4.79 Å². The molecule has 0 aromatic rings. The molecule has 1 rings (SSSR count). The fourth-order valence-corrected chi connectivity index (χ4v) is 1.37. The highest BCUT2D eigenvalue weighted by atomic mass is 16.2. The van der Waals surface area contributed by atoms with E-state index in [0.29, 0.717) is 12.0 Å². The second-order valence-electron chi connectivity index (χ2n) is 4.08. The summed E-state index contributed by atoms with van der Waals surface area (Å²) in [5.41, 5.74) is 5.71. The third kappa shape index (κ3) is 3.35. The van der Waals surface area contributed by atoms with Gasteiger partial charge in [-0.25, -0.2) is 0 Å². The molecule has 1 fully saturated rings. The molecule has 3 unspecified atom stereocenters. The predicted octanol–water partition coefficient (Wildman–Crippen LogP) is 1.03. The van der Waals surface area contributed by atoms with Crippen LogP contribution in [-0.2, 0) is 4.79 Å². The quantitative estimate of drug-likeness (QED) is 0.670. The molecule has 0 radical (unpaired) electrons. The molecule has 76 valence electrons. The van der Waals surface area contributed by atoms with Crippen molar-refractivity contribution in [3.63, 3.8) is 0 Å². The van der Waals surface area contributed by atoms with Crippen molar-refractivity contribution in [2.24, 2.45) is 11.7 Å². The van der Waals surface area contributed by atoms with Crippen LogP contribution < -0.4 is 11.1 Å². The monoisotopic (exact) mass is 184 g/mol. The van der Waals surface area contributed by atoms with Gasteiger partial charge in [-0.15, -0.1) is 0 Å². The standard InChI is InChI=1S/C10H20N2O/c1-3-4-5-8(11)10(13)12-9-6-7(9)2/h7-9H,3-6,11H2,1-2H3,(H,12,13). The molecule has 0 aromatic carbocycles. The van der Waals surface area contributed by atoms with Crippen molar-refractivity contribution in [1.29, 1.82) is 0 Å². The number of hydrogen-bond donors (Lipinski definition) is 2. The number of rotatable bonds is 5. The third-order valence-electron chi connectivity index (χ3n) is 2.64. The minimum atomic E-state index is -0.298. The summed E-state index contributed by atoms with van der Waals surface area (Å²) in [6, 6.07) is 0.105. The second kappa shape index (κ2) is 4.61. The van der Waals surface area contributed by atoms with Gasteiger partial charge in [0.25, 0.3) is 0 Å². The van der Waals surface area contributed by atoms with Crippen LogP contribution in [0.25, 0.3) is 0 Å². The fraction of sp³-hybridized carbons (Fsp3) is 0.900. The number of carbonyl (C=O) groups is 1. The molecule has 3 N–H and O–H groups in total. The zero-order chi connectivity index (χ0) is 9.84. The van der Waals surface area contributed by atoms with Crippen LogP contribution in [0.2, 0.25) is 0 Å². The molecule has 0 heterocycles. The van der Waals surface area contributed by atoms with Gasteiger partial charge in [-0.05, 0) is 18.8 Å².